The van der Waals surface area contributed by atoms with Crippen molar-refractivity contribution in [3.63, 3.8) is 0 Å². The van der Waals surface area contributed by atoms with Crippen LogP contribution in [-0.2, 0) is 4.79 Å². The van der Waals surface area contributed by atoms with Gasteiger partial charge in [0.05, 0.1) is 13.0 Å². The molecule has 1 N–H and O–H groups in total. The zero-order valence-corrected chi connectivity index (χ0v) is 11.2. The van der Waals surface area contributed by atoms with Crippen LogP contribution in [0.5, 0.6) is 17.2 Å². The van der Waals surface area contributed by atoms with Gasteiger partial charge in [-0.05, 0) is 30.5 Å². The molecule has 0 saturated heterocycles. The fourth-order valence-corrected chi connectivity index (χ4v) is 2.80. The van der Waals surface area contributed by atoms with E-state index in [0.29, 0.717) is 23.7 Å². The summed E-state index contributed by atoms with van der Waals surface area (Å²) in [5.41, 5.74) is 0.884. The minimum Gasteiger partial charge on any atom is -0.493 e. The molecule has 2 atom stereocenters. The Balaban J connectivity index is 2.03. The van der Waals surface area contributed by atoms with Crippen molar-refractivity contribution >= 4 is 5.97 Å². The molecule has 5 heteroatoms. The molecule has 1 aliphatic carbocycles. The molecule has 106 valence electrons. The van der Waals surface area contributed by atoms with Crippen LogP contribution < -0.4 is 14.2 Å². The highest BCUT2D eigenvalue weighted by molar-refractivity contribution is 5.72. The van der Waals surface area contributed by atoms with Gasteiger partial charge in [-0.25, -0.2) is 0 Å². The van der Waals surface area contributed by atoms with Gasteiger partial charge in [0.1, 0.15) is 0 Å². The normalized spacial score (nSPS) is 23.6. The lowest BCUT2D eigenvalue weighted by atomic mass is 9.79. The molecule has 0 spiro atoms. The van der Waals surface area contributed by atoms with Gasteiger partial charge in [0.2, 0.25) is 12.5 Å². The Labute approximate surface area is 116 Å². The first kappa shape index (κ1) is 12.8. The minimum absolute atomic E-state index is 0.162. The zero-order valence-electron chi connectivity index (χ0n) is 11.2. The first-order chi connectivity index (χ1) is 9.70. The molecule has 2 aliphatic rings. The molecule has 0 unspecified atom stereocenters. The fourth-order valence-electron chi connectivity index (χ4n) is 2.80. The van der Waals surface area contributed by atoms with Crippen LogP contribution in [-0.4, -0.2) is 25.0 Å². The number of aliphatic carboxylic acids is 1. The van der Waals surface area contributed by atoms with Gasteiger partial charge in [0.15, 0.2) is 11.5 Å². The predicted molar refractivity (Wildman–Crippen MR) is 71.4 cm³/mol. The molecule has 5 nitrogen and oxygen atoms in total. The van der Waals surface area contributed by atoms with E-state index in [4.69, 9.17) is 14.2 Å². The van der Waals surface area contributed by atoms with E-state index in [2.05, 4.69) is 0 Å². The Bertz CT molecular complexity index is 564. The summed E-state index contributed by atoms with van der Waals surface area (Å²) in [6.07, 6.45) is 5.43. The van der Waals surface area contributed by atoms with Crippen molar-refractivity contribution in [1.82, 2.24) is 0 Å². The van der Waals surface area contributed by atoms with E-state index in [0.717, 1.165) is 12.0 Å². The summed E-state index contributed by atoms with van der Waals surface area (Å²) in [7, 11) is 1.56. The van der Waals surface area contributed by atoms with Crippen LogP contribution in [0, 0.1) is 5.92 Å². The average molecular weight is 276 g/mol. The molecule has 1 heterocycles. The third-order valence-electron chi connectivity index (χ3n) is 3.80. The summed E-state index contributed by atoms with van der Waals surface area (Å²) in [5.74, 6) is 0.439. The van der Waals surface area contributed by atoms with E-state index in [1.54, 1.807) is 7.11 Å². The number of methoxy groups -OCH3 is 1. The van der Waals surface area contributed by atoms with Gasteiger partial charge in [0.25, 0.3) is 0 Å². The molecule has 1 aromatic rings. The van der Waals surface area contributed by atoms with Crippen molar-refractivity contribution in [2.24, 2.45) is 5.92 Å². The predicted octanol–water partition coefficient (Wildman–Crippen LogP) is 2.56. The van der Waals surface area contributed by atoms with Crippen LogP contribution in [0.3, 0.4) is 0 Å². The number of hydrogen-bond donors (Lipinski definition) is 1. The van der Waals surface area contributed by atoms with Gasteiger partial charge in [0, 0.05) is 5.92 Å². The van der Waals surface area contributed by atoms with Crippen LogP contribution in [0.4, 0.5) is 0 Å². The van der Waals surface area contributed by atoms with Crippen molar-refractivity contribution in [1.29, 1.82) is 0 Å². The monoisotopic (exact) mass is 276 g/mol. The highest BCUT2D eigenvalue weighted by atomic mass is 16.7. The molecular weight excluding hydrogens is 260 g/mol. The number of hydrogen-bond acceptors (Lipinski definition) is 4. The van der Waals surface area contributed by atoms with E-state index in [1.165, 1.54) is 0 Å². The maximum Gasteiger partial charge on any atom is 0.307 e. The quantitative estimate of drug-likeness (QED) is 0.859. The third-order valence-corrected chi connectivity index (χ3v) is 3.80. The van der Waals surface area contributed by atoms with E-state index >= 15 is 0 Å². The molecule has 3 rings (SSSR count). The lowest BCUT2D eigenvalue weighted by Crippen LogP contribution is -2.23. The van der Waals surface area contributed by atoms with Crippen molar-refractivity contribution in [2.75, 3.05) is 13.9 Å². The lowest BCUT2D eigenvalue weighted by molar-refractivity contribution is -0.142. The molecule has 0 bridgehead atoms. The summed E-state index contributed by atoms with van der Waals surface area (Å²) < 4.78 is 16.1. The topological polar surface area (TPSA) is 65.0 Å². The average Bonchev–Trinajstić information content (AvgIpc) is 2.94. The maximum absolute atomic E-state index is 11.4. The highest BCUT2D eigenvalue weighted by Gasteiger charge is 2.31. The summed E-state index contributed by atoms with van der Waals surface area (Å²) in [4.78, 5) is 11.4. The molecule has 0 radical (unpaired) electrons. The summed E-state index contributed by atoms with van der Waals surface area (Å²) >= 11 is 0. The molecule has 0 saturated carbocycles. The van der Waals surface area contributed by atoms with Crippen molar-refractivity contribution in [3.8, 4) is 17.2 Å². The van der Waals surface area contributed by atoms with E-state index in [-0.39, 0.29) is 12.7 Å². The van der Waals surface area contributed by atoms with E-state index in [9.17, 15) is 9.90 Å². The number of carboxylic acids is 1. The van der Waals surface area contributed by atoms with Gasteiger partial charge in [-0.1, -0.05) is 12.2 Å². The second-order valence-corrected chi connectivity index (χ2v) is 4.93. The summed E-state index contributed by atoms with van der Waals surface area (Å²) in [5, 5.41) is 9.37. The summed E-state index contributed by atoms with van der Waals surface area (Å²) in [6, 6.07) is 3.69. The SMILES string of the molecule is COc1cc([C@H]2C=CCC[C@@H]2C(=O)O)cc2c1OCO2. The number of allylic oxidation sites excluding steroid dienone is 2. The number of carbonyl (C=O) groups is 1. The number of fused-ring (bicyclic) bond motifs is 1. The van der Waals surface area contributed by atoms with Crippen LogP contribution in [0.2, 0.25) is 0 Å². The molecule has 1 aliphatic heterocycles. The smallest absolute Gasteiger partial charge is 0.307 e. The number of rotatable bonds is 3. The first-order valence-electron chi connectivity index (χ1n) is 6.57. The maximum atomic E-state index is 11.4. The molecule has 0 fully saturated rings. The fraction of sp³-hybridized carbons (Fsp3) is 0.400. The van der Waals surface area contributed by atoms with Crippen molar-refractivity contribution in [3.05, 3.63) is 29.8 Å². The van der Waals surface area contributed by atoms with Crippen molar-refractivity contribution < 1.29 is 24.1 Å². The van der Waals surface area contributed by atoms with Gasteiger partial charge >= 0.3 is 5.97 Å². The Hall–Kier alpha value is -2.17. The van der Waals surface area contributed by atoms with E-state index < -0.39 is 11.9 Å². The molecular formula is C15H16O5. The molecule has 20 heavy (non-hydrogen) atoms. The number of ether oxygens (including phenoxy) is 3. The van der Waals surface area contributed by atoms with Gasteiger partial charge in [-0.15, -0.1) is 0 Å². The van der Waals surface area contributed by atoms with Crippen LogP contribution in [0.15, 0.2) is 24.3 Å². The first-order valence-corrected chi connectivity index (χ1v) is 6.57. The van der Waals surface area contributed by atoms with Crippen LogP contribution >= 0.6 is 0 Å². The highest BCUT2D eigenvalue weighted by Crippen LogP contribution is 2.45. The zero-order chi connectivity index (χ0) is 14.1. The van der Waals surface area contributed by atoms with Crippen LogP contribution in [0.1, 0.15) is 24.3 Å². The summed E-state index contributed by atoms with van der Waals surface area (Å²) in [6.45, 7) is 0.165. The van der Waals surface area contributed by atoms with Crippen LogP contribution in [0.25, 0.3) is 0 Å². The second kappa shape index (κ2) is 5.07. The molecule has 0 amide bonds. The van der Waals surface area contributed by atoms with Gasteiger partial charge in [-0.3, -0.25) is 4.79 Å². The number of benzene rings is 1. The Morgan fingerprint density at radius 2 is 2.25 bits per heavy atom. The Morgan fingerprint density at radius 1 is 1.40 bits per heavy atom. The van der Waals surface area contributed by atoms with Crippen molar-refractivity contribution in [2.45, 2.75) is 18.8 Å². The molecule has 0 aromatic heterocycles. The standard InChI is InChI=1S/C15H16O5/c1-18-12-6-9(7-13-14(12)20-8-19-13)10-4-2-3-5-11(10)15(16)17/h2,4,6-7,10-11H,3,5,8H2,1H3,(H,16,17)/t10-,11+/m1/s1. The largest absolute Gasteiger partial charge is 0.493 e. The number of carboxylic acid groups (broad SMARTS) is 1. The van der Waals surface area contributed by atoms with Gasteiger partial charge < -0.3 is 19.3 Å². The Kier molecular flexibility index (Phi) is 3.26. The van der Waals surface area contributed by atoms with E-state index in [1.807, 2.05) is 24.3 Å². The minimum atomic E-state index is -0.768. The Morgan fingerprint density at radius 3 is 3.00 bits per heavy atom. The third kappa shape index (κ3) is 2.09. The van der Waals surface area contributed by atoms with Gasteiger partial charge in [-0.2, -0.15) is 0 Å². The molecule has 1 aromatic carbocycles. The second-order valence-electron chi connectivity index (χ2n) is 4.93. The lowest BCUT2D eigenvalue weighted by Gasteiger charge is -2.25.